The molecule has 0 bridgehead atoms. The molecule has 0 fully saturated rings. The summed E-state index contributed by atoms with van der Waals surface area (Å²) >= 11 is 0. The van der Waals surface area contributed by atoms with E-state index in [1.54, 1.807) is 30.7 Å². The van der Waals surface area contributed by atoms with E-state index in [1.807, 2.05) is 19.1 Å². The average molecular weight is 280 g/mol. The smallest absolute Gasteiger partial charge is 0.271 e. The highest BCUT2D eigenvalue weighted by Gasteiger charge is 2.15. The molecule has 0 aliphatic heterocycles. The van der Waals surface area contributed by atoms with Crippen molar-refractivity contribution in [2.45, 2.75) is 13.0 Å². The molecule has 1 amide bonds. The van der Waals surface area contributed by atoms with Crippen LogP contribution in [0.4, 0.5) is 0 Å². The molecule has 2 rings (SSSR count). The van der Waals surface area contributed by atoms with Gasteiger partial charge in [0.25, 0.3) is 5.91 Å². The van der Waals surface area contributed by atoms with Gasteiger partial charge in [0.15, 0.2) is 0 Å². The van der Waals surface area contributed by atoms with Gasteiger partial charge in [0.05, 0.1) is 18.2 Å². The zero-order valence-electron chi connectivity index (χ0n) is 11.7. The van der Waals surface area contributed by atoms with Gasteiger partial charge in [-0.05, 0) is 30.7 Å². The van der Waals surface area contributed by atoms with Crippen molar-refractivity contribution in [2.75, 3.05) is 6.54 Å². The van der Waals surface area contributed by atoms with Crippen molar-refractivity contribution in [1.29, 1.82) is 0 Å². The van der Waals surface area contributed by atoms with E-state index in [9.17, 15) is 4.79 Å². The van der Waals surface area contributed by atoms with Crippen LogP contribution in [0.1, 0.15) is 34.6 Å². The number of amides is 1. The molecule has 0 aliphatic carbocycles. The van der Waals surface area contributed by atoms with E-state index in [4.69, 9.17) is 5.73 Å². The number of hydrogen-bond donors (Lipinski definition) is 2. The van der Waals surface area contributed by atoms with Gasteiger partial charge in [-0.3, -0.25) is 9.78 Å². The lowest BCUT2D eigenvalue weighted by Crippen LogP contribution is -2.28. The molecule has 0 saturated heterocycles. The van der Waals surface area contributed by atoms with E-state index < -0.39 is 0 Å². The molecule has 2 heterocycles. The van der Waals surface area contributed by atoms with Gasteiger partial charge in [0.1, 0.15) is 5.69 Å². The van der Waals surface area contributed by atoms with Crippen molar-refractivity contribution in [3.8, 4) is 11.8 Å². The first-order chi connectivity index (χ1) is 10.2. The zero-order chi connectivity index (χ0) is 15.1. The van der Waals surface area contributed by atoms with Crippen LogP contribution in [0.2, 0.25) is 0 Å². The largest absolute Gasteiger partial charge is 0.344 e. The molecule has 0 aromatic carbocycles. The molecule has 0 aliphatic rings. The third-order valence-electron chi connectivity index (χ3n) is 2.88. The Hall–Kier alpha value is -2.71. The van der Waals surface area contributed by atoms with Crippen LogP contribution in [0.15, 0.2) is 42.9 Å². The maximum atomic E-state index is 12.3. The Morgan fingerprint density at radius 3 is 2.90 bits per heavy atom. The molecule has 0 radical (unpaired) electrons. The summed E-state index contributed by atoms with van der Waals surface area (Å²) in [6, 6.07) is 7.06. The Kier molecular flexibility index (Phi) is 5.02. The van der Waals surface area contributed by atoms with E-state index in [1.165, 1.54) is 0 Å². The van der Waals surface area contributed by atoms with Gasteiger partial charge in [0, 0.05) is 18.6 Å². The van der Waals surface area contributed by atoms with Crippen molar-refractivity contribution in [3.63, 3.8) is 0 Å². The summed E-state index contributed by atoms with van der Waals surface area (Å²) in [7, 11) is 0. The summed E-state index contributed by atoms with van der Waals surface area (Å²) in [6.07, 6.45) is 4.98. The number of nitrogens with one attached hydrogen (secondary N) is 1. The summed E-state index contributed by atoms with van der Waals surface area (Å²) in [5, 5.41) is 2.89. The normalized spacial score (nSPS) is 11.1. The van der Waals surface area contributed by atoms with Crippen LogP contribution < -0.4 is 11.1 Å². The summed E-state index contributed by atoms with van der Waals surface area (Å²) in [5.74, 6) is 5.32. The third kappa shape index (κ3) is 3.88. The minimum Gasteiger partial charge on any atom is -0.344 e. The van der Waals surface area contributed by atoms with E-state index in [-0.39, 0.29) is 18.5 Å². The predicted molar refractivity (Wildman–Crippen MR) is 80.3 cm³/mol. The molecule has 1 atom stereocenters. The fourth-order valence-electron chi connectivity index (χ4n) is 1.81. The zero-order valence-corrected chi connectivity index (χ0v) is 11.7. The second-order valence-electron chi connectivity index (χ2n) is 4.39. The van der Waals surface area contributed by atoms with Gasteiger partial charge in [-0.25, -0.2) is 4.98 Å². The van der Waals surface area contributed by atoms with Gasteiger partial charge in [-0.15, -0.1) is 0 Å². The highest BCUT2D eigenvalue weighted by atomic mass is 16.1. The van der Waals surface area contributed by atoms with Gasteiger partial charge in [-0.1, -0.05) is 17.9 Å². The molecule has 21 heavy (non-hydrogen) atoms. The minimum atomic E-state index is -0.270. The second kappa shape index (κ2) is 7.17. The molecule has 2 aromatic heterocycles. The standard InChI is InChI=1S/C16H16N4O/c1-12(14-7-3-9-18-11-14)20-16(21)15-13(5-2-8-17)6-4-10-19-15/h3-4,6-7,9-12H,8,17H2,1H3,(H,20,21). The molecule has 0 saturated carbocycles. The van der Waals surface area contributed by atoms with Crippen molar-refractivity contribution >= 4 is 5.91 Å². The Bertz CT molecular complexity index is 673. The molecule has 5 nitrogen and oxygen atoms in total. The Balaban J connectivity index is 2.17. The quantitative estimate of drug-likeness (QED) is 0.830. The van der Waals surface area contributed by atoms with Gasteiger partial charge in [-0.2, -0.15) is 0 Å². The lowest BCUT2D eigenvalue weighted by atomic mass is 10.1. The maximum Gasteiger partial charge on any atom is 0.271 e. The van der Waals surface area contributed by atoms with E-state index in [0.29, 0.717) is 11.3 Å². The van der Waals surface area contributed by atoms with Crippen LogP contribution in [0.5, 0.6) is 0 Å². The number of rotatable bonds is 3. The number of pyridine rings is 2. The van der Waals surface area contributed by atoms with Crippen LogP contribution in [0.3, 0.4) is 0 Å². The average Bonchev–Trinajstić information content (AvgIpc) is 2.54. The SMILES string of the molecule is CC(NC(=O)c1ncccc1C#CCN)c1cccnc1. The summed E-state index contributed by atoms with van der Waals surface area (Å²) in [4.78, 5) is 20.5. The molecule has 1 unspecified atom stereocenters. The number of aromatic nitrogens is 2. The van der Waals surface area contributed by atoms with Crippen molar-refractivity contribution < 1.29 is 4.79 Å². The van der Waals surface area contributed by atoms with Crippen molar-refractivity contribution in [3.05, 3.63) is 59.7 Å². The number of nitrogens with two attached hydrogens (primary N) is 1. The Morgan fingerprint density at radius 2 is 2.19 bits per heavy atom. The van der Waals surface area contributed by atoms with Crippen molar-refractivity contribution in [1.82, 2.24) is 15.3 Å². The number of nitrogens with zero attached hydrogens (tertiary/aromatic N) is 2. The van der Waals surface area contributed by atoms with Crippen LogP contribution in [-0.2, 0) is 0 Å². The lowest BCUT2D eigenvalue weighted by molar-refractivity contribution is 0.0934. The predicted octanol–water partition coefficient (Wildman–Crippen LogP) is 1.28. The topological polar surface area (TPSA) is 80.9 Å². The molecule has 3 N–H and O–H groups in total. The molecular formula is C16H16N4O. The Labute approximate surface area is 123 Å². The highest BCUT2D eigenvalue weighted by Crippen LogP contribution is 2.12. The number of carbonyl (C=O) groups is 1. The number of carbonyl (C=O) groups excluding carboxylic acids is 1. The fourth-order valence-corrected chi connectivity index (χ4v) is 1.81. The van der Waals surface area contributed by atoms with E-state index >= 15 is 0 Å². The van der Waals surface area contributed by atoms with Gasteiger partial charge in [0.2, 0.25) is 0 Å². The van der Waals surface area contributed by atoms with Crippen LogP contribution in [-0.4, -0.2) is 22.4 Å². The van der Waals surface area contributed by atoms with E-state index in [0.717, 1.165) is 5.56 Å². The van der Waals surface area contributed by atoms with Crippen molar-refractivity contribution in [2.24, 2.45) is 5.73 Å². The molecular weight excluding hydrogens is 264 g/mol. The molecule has 5 heteroatoms. The molecule has 106 valence electrons. The summed E-state index contributed by atoms with van der Waals surface area (Å²) in [6.45, 7) is 2.13. The maximum absolute atomic E-state index is 12.3. The van der Waals surface area contributed by atoms with E-state index in [2.05, 4.69) is 27.1 Å². The van der Waals surface area contributed by atoms with Crippen LogP contribution in [0, 0.1) is 11.8 Å². The van der Waals surface area contributed by atoms with Gasteiger partial charge >= 0.3 is 0 Å². The third-order valence-corrected chi connectivity index (χ3v) is 2.88. The summed E-state index contributed by atoms with van der Waals surface area (Å²) < 4.78 is 0. The molecule has 0 spiro atoms. The monoisotopic (exact) mass is 280 g/mol. The fraction of sp³-hybridized carbons (Fsp3) is 0.188. The highest BCUT2D eigenvalue weighted by molar-refractivity contribution is 5.94. The second-order valence-corrected chi connectivity index (χ2v) is 4.39. The lowest BCUT2D eigenvalue weighted by Gasteiger charge is -2.14. The first-order valence-electron chi connectivity index (χ1n) is 6.57. The minimum absolute atomic E-state index is 0.163. The van der Waals surface area contributed by atoms with Gasteiger partial charge < -0.3 is 11.1 Å². The van der Waals surface area contributed by atoms with Crippen LogP contribution >= 0.6 is 0 Å². The summed E-state index contributed by atoms with van der Waals surface area (Å²) in [5.41, 5.74) is 7.15. The van der Waals surface area contributed by atoms with Crippen LogP contribution in [0.25, 0.3) is 0 Å². The number of hydrogen-bond acceptors (Lipinski definition) is 4. The first-order valence-corrected chi connectivity index (χ1v) is 6.57. The Morgan fingerprint density at radius 1 is 1.38 bits per heavy atom. The first kappa shape index (κ1) is 14.7. The molecule has 2 aromatic rings.